The maximum absolute atomic E-state index is 12.9. The number of rotatable bonds is 3. The summed E-state index contributed by atoms with van der Waals surface area (Å²) in [5.41, 5.74) is 4.62. The van der Waals surface area contributed by atoms with Crippen molar-refractivity contribution in [1.82, 2.24) is 15.3 Å². The van der Waals surface area contributed by atoms with E-state index >= 15 is 0 Å². The maximum Gasteiger partial charge on any atom is 0.252 e. The number of benzene rings is 1. The first-order chi connectivity index (χ1) is 11.7. The molecule has 0 bridgehead atoms. The summed E-state index contributed by atoms with van der Waals surface area (Å²) in [7, 11) is 0. The zero-order valence-electron chi connectivity index (χ0n) is 13.1. The average Bonchev–Trinajstić information content (AvgIpc) is 3.06. The summed E-state index contributed by atoms with van der Waals surface area (Å²) in [4.78, 5) is 21.7. The Morgan fingerprint density at radius 1 is 1.25 bits per heavy atom. The van der Waals surface area contributed by atoms with E-state index in [1.807, 2.05) is 30.3 Å². The SMILES string of the molecule is O=C(NCc1cccnc1)c1c2c(nc3ccc(Cl)cc13)CCC2. The standard InChI is InChI=1S/C19H16ClN3O/c20-13-6-7-17-15(9-13)18(14-4-1-5-16(14)23-17)19(24)22-11-12-3-2-8-21-10-12/h2-3,6-10H,1,4-5,11H2,(H,22,24). The number of carbonyl (C=O) groups excluding carboxylic acids is 1. The van der Waals surface area contributed by atoms with Crippen LogP contribution in [0.5, 0.6) is 0 Å². The summed E-state index contributed by atoms with van der Waals surface area (Å²) in [5.74, 6) is -0.0772. The number of aromatic nitrogens is 2. The van der Waals surface area contributed by atoms with Crippen LogP contribution in [0, 0.1) is 0 Å². The zero-order valence-corrected chi connectivity index (χ0v) is 13.8. The molecule has 4 rings (SSSR count). The molecule has 0 fully saturated rings. The number of halogens is 1. The molecule has 120 valence electrons. The van der Waals surface area contributed by atoms with Gasteiger partial charge in [-0.2, -0.15) is 0 Å². The van der Waals surface area contributed by atoms with E-state index in [1.54, 1.807) is 12.4 Å². The summed E-state index contributed by atoms with van der Waals surface area (Å²) in [5, 5.41) is 4.45. The summed E-state index contributed by atoms with van der Waals surface area (Å²) < 4.78 is 0. The first-order valence-corrected chi connectivity index (χ1v) is 8.38. The van der Waals surface area contributed by atoms with Gasteiger partial charge in [0.05, 0.1) is 11.1 Å². The normalized spacial score (nSPS) is 13.0. The van der Waals surface area contributed by atoms with Crippen molar-refractivity contribution in [3.05, 3.63) is 70.1 Å². The summed E-state index contributed by atoms with van der Waals surface area (Å²) in [6, 6.07) is 9.34. The molecule has 3 aromatic rings. The lowest BCUT2D eigenvalue weighted by atomic mass is 10.0. The van der Waals surface area contributed by atoms with Crippen LogP contribution in [0.25, 0.3) is 10.9 Å². The molecule has 0 saturated heterocycles. The summed E-state index contributed by atoms with van der Waals surface area (Å²) in [6.07, 6.45) is 6.33. The van der Waals surface area contributed by atoms with Crippen molar-refractivity contribution in [2.45, 2.75) is 25.8 Å². The molecule has 0 saturated carbocycles. The minimum Gasteiger partial charge on any atom is -0.348 e. The van der Waals surface area contributed by atoms with Crippen molar-refractivity contribution in [3.8, 4) is 0 Å². The van der Waals surface area contributed by atoms with E-state index in [1.165, 1.54) is 0 Å². The summed E-state index contributed by atoms with van der Waals surface area (Å²) in [6.45, 7) is 0.450. The predicted octanol–water partition coefficient (Wildman–Crippen LogP) is 3.70. The molecule has 2 heterocycles. The van der Waals surface area contributed by atoms with E-state index < -0.39 is 0 Å². The molecule has 0 atom stereocenters. The van der Waals surface area contributed by atoms with Gasteiger partial charge in [-0.15, -0.1) is 0 Å². The van der Waals surface area contributed by atoms with Crippen LogP contribution in [0.4, 0.5) is 0 Å². The second-order valence-corrected chi connectivity index (χ2v) is 6.41. The van der Waals surface area contributed by atoms with Crippen LogP contribution in [-0.2, 0) is 19.4 Å². The van der Waals surface area contributed by atoms with Gasteiger partial charge in [0.1, 0.15) is 0 Å². The fourth-order valence-electron chi connectivity index (χ4n) is 3.27. The van der Waals surface area contributed by atoms with Crippen LogP contribution >= 0.6 is 11.6 Å². The molecule has 1 amide bonds. The molecule has 1 N–H and O–H groups in total. The topological polar surface area (TPSA) is 54.9 Å². The molecule has 24 heavy (non-hydrogen) atoms. The van der Waals surface area contributed by atoms with Crippen LogP contribution in [0.15, 0.2) is 42.7 Å². The van der Waals surface area contributed by atoms with Gasteiger partial charge in [-0.05, 0) is 54.7 Å². The number of pyridine rings is 2. The Balaban J connectivity index is 1.74. The monoisotopic (exact) mass is 337 g/mol. The molecule has 2 aromatic heterocycles. The van der Waals surface area contributed by atoms with Crippen molar-refractivity contribution in [2.75, 3.05) is 0 Å². The molecule has 1 aliphatic rings. The molecule has 0 aliphatic heterocycles. The Morgan fingerprint density at radius 3 is 3.00 bits per heavy atom. The van der Waals surface area contributed by atoms with Gasteiger partial charge >= 0.3 is 0 Å². The number of aryl methyl sites for hydroxylation is 1. The third-order valence-electron chi connectivity index (χ3n) is 4.38. The van der Waals surface area contributed by atoms with E-state index in [0.717, 1.165) is 52.5 Å². The van der Waals surface area contributed by atoms with E-state index in [-0.39, 0.29) is 5.91 Å². The molecular weight excluding hydrogens is 322 g/mol. The van der Waals surface area contributed by atoms with Gasteiger partial charge < -0.3 is 5.32 Å². The Bertz CT molecular complexity index is 925. The number of hydrogen-bond acceptors (Lipinski definition) is 3. The van der Waals surface area contributed by atoms with Crippen molar-refractivity contribution >= 4 is 28.4 Å². The fraction of sp³-hybridized carbons (Fsp3) is 0.211. The number of hydrogen-bond donors (Lipinski definition) is 1. The predicted molar refractivity (Wildman–Crippen MR) is 94.2 cm³/mol. The van der Waals surface area contributed by atoms with Gasteiger partial charge in [0, 0.05) is 35.0 Å². The smallest absolute Gasteiger partial charge is 0.252 e. The van der Waals surface area contributed by atoms with Crippen LogP contribution in [-0.4, -0.2) is 15.9 Å². The highest BCUT2D eigenvalue weighted by Crippen LogP contribution is 2.31. The first-order valence-electron chi connectivity index (χ1n) is 8.00. The fourth-order valence-corrected chi connectivity index (χ4v) is 3.44. The van der Waals surface area contributed by atoms with Gasteiger partial charge in [-0.3, -0.25) is 14.8 Å². The molecule has 4 nitrogen and oxygen atoms in total. The van der Waals surface area contributed by atoms with Crippen LogP contribution in [0.1, 0.15) is 33.6 Å². The molecule has 5 heteroatoms. The molecule has 0 unspecified atom stereocenters. The number of nitrogens with one attached hydrogen (secondary N) is 1. The van der Waals surface area contributed by atoms with E-state index in [2.05, 4.69) is 10.3 Å². The highest BCUT2D eigenvalue weighted by molar-refractivity contribution is 6.31. The maximum atomic E-state index is 12.9. The second-order valence-electron chi connectivity index (χ2n) is 5.97. The number of amides is 1. The minimum absolute atomic E-state index is 0.0772. The molecule has 0 spiro atoms. The highest BCUT2D eigenvalue weighted by Gasteiger charge is 2.23. The van der Waals surface area contributed by atoms with Gasteiger partial charge in [0.15, 0.2) is 0 Å². The number of fused-ring (bicyclic) bond motifs is 2. The first kappa shape index (κ1) is 15.1. The number of carbonyl (C=O) groups is 1. The lowest BCUT2D eigenvalue weighted by Crippen LogP contribution is -2.24. The van der Waals surface area contributed by atoms with Crippen molar-refractivity contribution in [1.29, 1.82) is 0 Å². The Labute approximate surface area is 144 Å². The molecular formula is C19H16ClN3O. The third-order valence-corrected chi connectivity index (χ3v) is 4.61. The lowest BCUT2D eigenvalue weighted by Gasteiger charge is -2.13. The van der Waals surface area contributed by atoms with Crippen molar-refractivity contribution in [3.63, 3.8) is 0 Å². The molecule has 0 radical (unpaired) electrons. The van der Waals surface area contributed by atoms with Gasteiger partial charge in [-0.1, -0.05) is 17.7 Å². The van der Waals surface area contributed by atoms with Crippen LogP contribution < -0.4 is 5.32 Å². The van der Waals surface area contributed by atoms with Gasteiger partial charge in [-0.25, -0.2) is 0 Å². The van der Waals surface area contributed by atoms with Crippen molar-refractivity contribution in [2.24, 2.45) is 0 Å². The molecule has 1 aromatic carbocycles. The second kappa shape index (κ2) is 6.21. The van der Waals surface area contributed by atoms with Crippen LogP contribution in [0.3, 0.4) is 0 Å². The Hall–Kier alpha value is -2.46. The Kier molecular flexibility index (Phi) is 3.90. The van der Waals surface area contributed by atoms with Crippen LogP contribution in [0.2, 0.25) is 5.02 Å². The molecule has 1 aliphatic carbocycles. The van der Waals surface area contributed by atoms with E-state index in [4.69, 9.17) is 16.6 Å². The van der Waals surface area contributed by atoms with E-state index in [9.17, 15) is 4.79 Å². The zero-order chi connectivity index (χ0) is 16.5. The quantitative estimate of drug-likeness (QED) is 0.792. The van der Waals surface area contributed by atoms with Gasteiger partial charge in [0.2, 0.25) is 0 Å². The number of nitrogens with zero attached hydrogens (tertiary/aromatic N) is 2. The van der Waals surface area contributed by atoms with Crippen molar-refractivity contribution < 1.29 is 4.79 Å². The van der Waals surface area contributed by atoms with E-state index in [0.29, 0.717) is 11.6 Å². The highest BCUT2D eigenvalue weighted by atomic mass is 35.5. The summed E-state index contributed by atoms with van der Waals surface area (Å²) >= 11 is 6.15. The van der Waals surface area contributed by atoms with Gasteiger partial charge in [0.25, 0.3) is 5.91 Å². The lowest BCUT2D eigenvalue weighted by molar-refractivity contribution is 0.0951. The Morgan fingerprint density at radius 2 is 2.17 bits per heavy atom. The largest absolute Gasteiger partial charge is 0.348 e. The average molecular weight is 338 g/mol. The third kappa shape index (κ3) is 2.74. The minimum atomic E-state index is -0.0772.